The molecule has 7 nitrogen and oxygen atoms in total. The van der Waals surface area contributed by atoms with E-state index in [4.69, 9.17) is 5.73 Å². The minimum Gasteiger partial charge on any atom is -0.478 e. The molecular formula is C18H14ClN5O2. The molecule has 0 spiro atoms. The summed E-state index contributed by atoms with van der Waals surface area (Å²) in [5, 5.41) is 9.98. The smallest absolute Gasteiger partial charge is 0.335 e. The summed E-state index contributed by atoms with van der Waals surface area (Å²) in [5.41, 5.74) is 8.97. The maximum atomic E-state index is 11.2. The second kappa shape index (κ2) is 6.81. The van der Waals surface area contributed by atoms with Gasteiger partial charge < -0.3 is 15.4 Å². The standard InChI is InChI=1S/C18H13N5O2.ClH/c19-18-21-15-10-23(13-5-1-3-11(7-13)17(24)25)9-14(15)16(22-18)12-4-2-6-20-8-12;/h1-10H,(H2,19,21)(H,24,25);1H. The SMILES string of the molecule is Cl.Nc1nc(-c2cccnc2)c2cn(-c3cccc(C(=O)O)c3)cc2n1. The normalized spacial score (nSPS) is 10.5. The van der Waals surface area contributed by atoms with Gasteiger partial charge >= 0.3 is 5.97 Å². The number of carboxylic acids is 1. The van der Waals surface area contributed by atoms with Crippen LogP contribution in [0.4, 0.5) is 5.95 Å². The number of carbonyl (C=O) groups is 1. The molecule has 0 amide bonds. The van der Waals surface area contributed by atoms with Crippen molar-refractivity contribution < 1.29 is 9.90 Å². The van der Waals surface area contributed by atoms with Crippen LogP contribution in [0.3, 0.4) is 0 Å². The molecule has 0 aliphatic carbocycles. The van der Waals surface area contributed by atoms with Crippen molar-refractivity contribution in [2.24, 2.45) is 0 Å². The molecule has 0 radical (unpaired) electrons. The van der Waals surface area contributed by atoms with E-state index in [1.165, 1.54) is 0 Å². The number of rotatable bonds is 3. The molecule has 8 heteroatoms. The Morgan fingerprint density at radius 3 is 2.69 bits per heavy atom. The van der Waals surface area contributed by atoms with Gasteiger partial charge in [-0.3, -0.25) is 4.98 Å². The lowest BCUT2D eigenvalue weighted by atomic mass is 10.1. The highest BCUT2D eigenvalue weighted by Gasteiger charge is 2.12. The van der Waals surface area contributed by atoms with Crippen molar-refractivity contribution in [3.05, 3.63) is 66.7 Å². The summed E-state index contributed by atoms with van der Waals surface area (Å²) in [5.74, 6) is -0.804. The Bertz CT molecular complexity index is 1100. The second-order valence-corrected chi connectivity index (χ2v) is 5.49. The first-order chi connectivity index (χ1) is 12.1. The first-order valence-electron chi connectivity index (χ1n) is 7.51. The maximum absolute atomic E-state index is 11.2. The Morgan fingerprint density at radius 1 is 1.12 bits per heavy atom. The molecule has 4 aromatic rings. The van der Waals surface area contributed by atoms with Crippen LogP contribution in [-0.2, 0) is 0 Å². The van der Waals surface area contributed by atoms with Gasteiger partial charge in [-0.1, -0.05) is 6.07 Å². The first-order valence-corrected chi connectivity index (χ1v) is 7.51. The van der Waals surface area contributed by atoms with Crippen molar-refractivity contribution >= 4 is 35.2 Å². The van der Waals surface area contributed by atoms with E-state index in [0.717, 1.165) is 10.9 Å². The Hall–Kier alpha value is -3.45. The van der Waals surface area contributed by atoms with Crippen LogP contribution in [0.5, 0.6) is 0 Å². The van der Waals surface area contributed by atoms with E-state index in [1.54, 1.807) is 36.8 Å². The fourth-order valence-corrected chi connectivity index (χ4v) is 2.71. The van der Waals surface area contributed by atoms with Crippen LogP contribution in [0.2, 0.25) is 0 Å². The number of nitrogens with zero attached hydrogens (tertiary/aromatic N) is 4. The number of carboxylic acid groups (broad SMARTS) is 1. The highest BCUT2D eigenvalue weighted by molar-refractivity contribution is 5.93. The third-order valence-electron chi connectivity index (χ3n) is 3.85. The lowest BCUT2D eigenvalue weighted by molar-refractivity contribution is 0.0697. The number of benzene rings is 1. The van der Waals surface area contributed by atoms with Gasteiger partial charge in [0.1, 0.15) is 0 Å². The van der Waals surface area contributed by atoms with Crippen LogP contribution < -0.4 is 5.73 Å². The zero-order chi connectivity index (χ0) is 17.4. The number of pyridine rings is 1. The molecule has 0 aliphatic rings. The van der Waals surface area contributed by atoms with Gasteiger partial charge in [-0.25, -0.2) is 14.8 Å². The largest absolute Gasteiger partial charge is 0.478 e. The molecule has 3 aromatic heterocycles. The summed E-state index contributed by atoms with van der Waals surface area (Å²) >= 11 is 0. The van der Waals surface area contributed by atoms with Crippen molar-refractivity contribution in [1.29, 1.82) is 0 Å². The molecule has 0 fully saturated rings. The van der Waals surface area contributed by atoms with Gasteiger partial charge in [0.05, 0.1) is 16.8 Å². The maximum Gasteiger partial charge on any atom is 0.335 e. The predicted molar refractivity (Wildman–Crippen MR) is 101 cm³/mol. The summed E-state index contributed by atoms with van der Waals surface area (Å²) in [6.07, 6.45) is 7.06. The summed E-state index contributed by atoms with van der Waals surface area (Å²) in [6.45, 7) is 0. The summed E-state index contributed by atoms with van der Waals surface area (Å²) in [7, 11) is 0. The van der Waals surface area contributed by atoms with Crippen LogP contribution >= 0.6 is 12.4 Å². The van der Waals surface area contributed by atoms with E-state index in [0.29, 0.717) is 16.9 Å². The Balaban J connectivity index is 0.00000196. The molecule has 0 bridgehead atoms. The van der Waals surface area contributed by atoms with Crippen molar-refractivity contribution in [3.8, 4) is 16.9 Å². The summed E-state index contributed by atoms with van der Waals surface area (Å²) in [6, 6.07) is 10.4. The predicted octanol–water partition coefficient (Wildman–Crippen LogP) is 3.18. The van der Waals surface area contributed by atoms with Gasteiger partial charge in [0.25, 0.3) is 0 Å². The van der Waals surface area contributed by atoms with Gasteiger partial charge in [-0.05, 0) is 30.3 Å². The fraction of sp³-hybridized carbons (Fsp3) is 0. The summed E-state index contributed by atoms with van der Waals surface area (Å²) in [4.78, 5) is 23.9. The Labute approximate surface area is 154 Å². The third-order valence-corrected chi connectivity index (χ3v) is 3.85. The number of halogens is 1. The van der Waals surface area contributed by atoms with Crippen LogP contribution in [0, 0.1) is 0 Å². The number of nitrogens with two attached hydrogens (primary N) is 1. The van der Waals surface area contributed by atoms with Crippen LogP contribution in [0.25, 0.3) is 27.8 Å². The monoisotopic (exact) mass is 367 g/mol. The number of aromatic nitrogens is 4. The van der Waals surface area contributed by atoms with E-state index in [9.17, 15) is 9.90 Å². The lowest BCUT2D eigenvalue weighted by Crippen LogP contribution is -1.98. The number of nitrogen functional groups attached to an aromatic ring is 1. The molecule has 4 rings (SSSR count). The number of hydrogen-bond acceptors (Lipinski definition) is 5. The van der Waals surface area contributed by atoms with E-state index in [1.807, 2.05) is 29.0 Å². The van der Waals surface area contributed by atoms with Gasteiger partial charge in [0, 0.05) is 41.4 Å². The fourth-order valence-electron chi connectivity index (χ4n) is 2.71. The molecule has 0 saturated carbocycles. The average Bonchev–Trinajstić information content (AvgIpc) is 3.05. The molecule has 0 unspecified atom stereocenters. The van der Waals surface area contributed by atoms with E-state index in [2.05, 4.69) is 15.0 Å². The molecule has 0 aliphatic heterocycles. The molecule has 3 heterocycles. The van der Waals surface area contributed by atoms with Crippen molar-refractivity contribution in [2.75, 3.05) is 5.73 Å². The minimum absolute atomic E-state index is 0. The second-order valence-electron chi connectivity index (χ2n) is 5.49. The highest BCUT2D eigenvalue weighted by Crippen LogP contribution is 2.28. The van der Waals surface area contributed by atoms with Crippen molar-refractivity contribution in [2.45, 2.75) is 0 Å². The molecule has 130 valence electrons. The van der Waals surface area contributed by atoms with E-state index < -0.39 is 5.97 Å². The summed E-state index contributed by atoms with van der Waals surface area (Å²) < 4.78 is 1.81. The van der Waals surface area contributed by atoms with Crippen molar-refractivity contribution in [3.63, 3.8) is 0 Å². The minimum atomic E-state index is -0.973. The van der Waals surface area contributed by atoms with Gasteiger partial charge in [-0.2, -0.15) is 0 Å². The molecule has 3 N–H and O–H groups in total. The molecular weight excluding hydrogens is 354 g/mol. The van der Waals surface area contributed by atoms with E-state index >= 15 is 0 Å². The van der Waals surface area contributed by atoms with Crippen LogP contribution in [0.15, 0.2) is 61.2 Å². The van der Waals surface area contributed by atoms with Gasteiger partial charge in [0.2, 0.25) is 5.95 Å². The first kappa shape index (κ1) is 17.4. The Morgan fingerprint density at radius 2 is 1.96 bits per heavy atom. The number of aromatic carboxylic acids is 1. The van der Waals surface area contributed by atoms with Gasteiger partial charge in [0.15, 0.2) is 0 Å². The molecule has 0 atom stereocenters. The van der Waals surface area contributed by atoms with Crippen LogP contribution in [0.1, 0.15) is 10.4 Å². The quantitative estimate of drug-likeness (QED) is 0.576. The highest BCUT2D eigenvalue weighted by atomic mass is 35.5. The zero-order valence-electron chi connectivity index (χ0n) is 13.4. The molecule has 26 heavy (non-hydrogen) atoms. The number of fused-ring (bicyclic) bond motifs is 1. The molecule has 1 aromatic carbocycles. The molecule has 0 saturated heterocycles. The lowest BCUT2D eigenvalue weighted by Gasteiger charge is -2.03. The number of hydrogen-bond donors (Lipinski definition) is 2. The third kappa shape index (κ3) is 3.07. The van der Waals surface area contributed by atoms with Gasteiger partial charge in [-0.15, -0.1) is 12.4 Å². The van der Waals surface area contributed by atoms with Crippen molar-refractivity contribution in [1.82, 2.24) is 19.5 Å². The topological polar surface area (TPSA) is 107 Å². The number of anilines is 1. The zero-order valence-corrected chi connectivity index (χ0v) is 14.2. The van der Waals surface area contributed by atoms with E-state index in [-0.39, 0.29) is 23.9 Å². The average molecular weight is 368 g/mol. The van der Waals surface area contributed by atoms with Crippen LogP contribution in [-0.4, -0.2) is 30.6 Å². The Kier molecular flexibility index (Phi) is 4.55.